The van der Waals surface area contributed by atoms with E-state index in [1.807, 2.05) is 0 Å². The molecule has 0 saturated carbocycles. The summed E-state index contributed by atoms with van der Waals surface area (Å²) in [7, 11) is 0. The van der Waals surface area contributed by atoms with Crippen molar-refractivity contribution in [3.8, 4) is 0 Å². The van der Waals surface area contributed by atoms with Gasteiger partial charge in [0.2, 0.25) is 5.69 Å². The summed E-state index contributed by atoms with van der Waals surface area (Å²) in [5, 5.41) is 0. The van der Waals surface area contributed by atoms with E-state index in [9.17, 15) is 8.78 Å². The van der Waals surface area contributed by atoms with Crippen molar-refractivity contribution in [2.75, 3.05) is 0 Å². The maximum Gasteiger partial charge on any atom is 0.225 e. The van der Waals surface area contributed by atoms with E-state index >= 15 is 0 Å². The average Bonchev–Trinajstić information content (AvgIpc) is 1.95. The maximum atomic E-state index is 12.4. The second-order valence-corrected chi connectivity index (χ2v) is 1.68. The van der Waals surface area contributed by atoms with Crippen LogP contribution in [0.4, 0.5) is 14.5 Å². The lowest BCUT2D eigenvalue weighted by Gasteiger charge is -1.91. The third kappa shape index (κ3) is 0.960. The molecule has 0 N–H and O–H groups in total. The molecule has 1 aromatic rings. The number of benzene rings is 1. The Bertz CT molecular complexity index is 288. The lowest BCUT2D eigenvalue weighted by Crippen LogP contribution is -1.80. The molecule has 50 valence electrons. The predicted octanol–water partition coefficient (Wildman–Crippen LogP) is 2.52. The van der Waals surface area contributed by atoms with Gasteiger partial charge in [0, 0.05) is 0 Å². The van der Waals surface area contributed by atoms with Crippen LogP contribution in [0.2, 0.25) is 0 Å². The molecule has 0 saturated heterocycles. The van der Waals surface area contributed by atoms with Gasteiger partial charge in [-0.15, -0.1) is 0 Å². The highest BCUT2D eigenvalue weighted by Gasteiger charge is 2.05. The second-order valence-electron chi connectivity index (χ2n) is 1.68. The van der Waals surface area contributed by atoms with Crippen LogP contribution in [0.15, 0.2) is 18.2 Å². The minimum atomic E-state index is -1.07. The van der Waals surface area contributed by atoms with Gasteiger partial charge >= 0.3 is 0 Å². The van der Waals surface area contributed by atoms with Crippen LogP contribution in [0.5, 0.6) is 0 Å². The summed E-state index contributed by atoms with van der Waals surface area (Å²) in [6.45, 7) is 6.40. The fourth-order valence-electron chi connectivity index (χ4n) is 0.579. The highest BCUT2D eigenvalue weighted by molar-refractivity contribution is 5.45. The lowest BCUT2D eigenvalue weighted by atomic mass is 10.3. The van der Waals surface area contributed by atoms with Gasteiger partial charge in [0.25, 0.3) is 0 Å². The fourth-order valence-corrected chi connectivity index (χ4v) is 0.579. The normalized spacial score (nSPS) is 8.90. The standard InChI is InChI=1S/C7H3F2N/c1-10-6-4-2-3-5(8)7(6)9/h2-4H. The molecule has 0 bridgehead atoms. The summed E-state index contributed by atoms with van der Waals surface area (Å²) >= 11 is 0. The van der Waals surface area contributed by atoms with E-state index < -0.39 is 11.6 Å². The van der Waals surface area contributed by atoms with E-state index in [0.717, 1.165) is 6.07 Å². The van der Waals surface area contributed by atoms with Crippen molar-refractivity contribution in [3.05, 3.63) is 41.3 Å². The molecule has 0 radical (unpaired) electrons. The van der Waals surface area contributed by atoms with Gasteiger partial charge in [0.05, 0.1) is 6.57 Å². The largest absolute Gasteiger partial charge is 0.235 e. The highest BCUT2D eigenvalue weighted by Crippen LogP contribution is 2.18. The molecule has 0 aliphatic carbocycles. The van der Waals surface area contributed by atoms with Crippen molar-refractivity contribution in [3.63, 3.8) is 0 Å². The summed E-state index contributed by atoms with van der Waals surface area (Å²) < 4.78 is 24.7. The molecule has 1 nitrogen and oxygen atoms in total. The van der Waals surface area contributed by atoms with Crippen molar-refractivity contribution in [1.82, 2.24) is 0 Å². The zero-order chi connectivity index (χ0) is 7.56. The molecule has 0 atom stereocenters. The second kappa shape index (κ2) is 2.44. The van der Waals surface area contributed by atoms with Gasteiger partial charge in [-0.25, -0.2) is 13.6 Å². The van der Waals surface area contributed by atoms with Crippen molar-refractivity contribution in [1.29, 1.82) is 0 Å². The van der Waals surface area contributed by atoms with E-state index in [1.165, 1.54) is 12.1 Å². The first-order valence-electron chi connectivity index (χ1n) is 2.57. The van der Waals surface area contributed by atoms with Crippen LogP contribution in [0.25, 0.3) is 4.85 Å². The van der Waals surface area contributed by atoms with Crippen LogP contribution in [0.3, 0.4) is 0 Å². The molecule has 0 fully saturated rings. The molecule has 0 spiro atoms. The Kier molecular flexibility index (Phi) is 1.63. The molecule has 0 unspecified atom stereocenters. The van der Waals surface area contributed by atoms with Crippen molar-refractivity contribution >= 4 is 5.69 Å². The van der Waals surface area contributed by atoms with Crippen molar-refractivity contribution in [2.24, 2.45) is 0 Å². The molecular formula is C7H3F2N. The van der Waals surface area contributed by atoms with Gasteiger partial charge in [-0.2, -0.15) is 0 Å². The number of hydrogen-bond acceptors (Lipinski definition) is 0. The van der Waals surface area contributed by atoms with E-state index in [1.54, 1.807) is 0 Å². The van der Waals surface area contributed by atoms with Crippen molar-refractivity contribution in [2.45, 2.75) is 0 Å². The first-order valence-corrected chi connectivity index (χ1v) is 2.57. The Hall–Kier alpha value is -1.43. The number of rotatable bonds is 0. The van der Waals surface area contributed by atoms with Gasteiger partial charge in [0.1, 0.15) is 5.82 Å². The molecule has 0 aliphatic rings. The van der Waals surface area contributed by atoms with Gasteiger partial charge in [-0.3, -0.25) is 0 Å². The fraction of sp³-hybridized carbons (Fsp3) is 0. The Labute approximate surface area is 56.7 Å². The molecule has 0 amide bonds. The first-order chi connectivity index (χ1) is 4.75. The zero-order valence-corrected chi connectivity index (χ0v) is 4.94. The number of hydrogen-bond donors (Lipinski definition) is 0. The molecular weight excluding hydrogens is 136 g/mol. The van der Waals surface area contributed by atoms with Crippen molar-refractivity contribution < 1.29 is 8.78 Å². The average molecular weight is 139 g/mol. The summed E-state index contributed by atoms with van der Waals surface area (Å²) in [6.07, 6.45) is 0. The van der Waals surface area contributed by atoms with E-state index in [-0.39, 0.29) is 5.69 Å². The van der Waals surface area contributed by atoms with Gasteiger partial charge in [-0.1, -0.05) is 12.1 Å². The van der Waals surface area contributed by atoms with Crippen LogP contribution >= 0.6 is 0 Å². The highest BCUT2D eigenvalue weighted by atomic mass is 19.2. The predicted molar refractivity (Wildman–Crippen MR) is 32.6 cm³/mol. The Balaban J connectivity index is 3.31. The molecule has 0 aliphatic heterocycles. The minimum absolute atomic E-state index is 0.278. The van der Waals surface area contributed by atoms with E-state index in [0.29, 0.717) is 0 Å². The van der Waals surface area contributed by atoms with Crippen LogP contribution in [0.1, 0.15) is 0 Å². The smallest absolute Gasteiger partial charge is 0.225 e. The molecule has 0 aromatic heterocycles. The summed E-state index contributed by atoms with van der Waals surface area (Å²) in [4.78, 5) is 2.77. The van der Waals surface area contributed by atoms with Gasteiger partial charge in [-0.05, 0) is 6.07 Å². The SMILES string of the molecule is [C-]#[N+]c1cccc(F)c1F. The first kappa shape index (κ1) is 6.69. The monoisotopic (exact) mass is 139 g/mol. The number of nitrogens with zero attached hydrogens (tertiary/aromatic N) is 1. The number of halogens is 2. The minimum Gasteiger partial charge on any atom is -0.235 e. The summed E-state index contributed by atoms with van der Waals surface area (Å²) in [6, 6.07) is 3.50. The molecule has 10 heavy (non-hydrogen) atoms. The Morgan fingerprint density at radius 3 is 2.50 bits per heavy atom. The topological polar surface area (TPSA) is 4.36 Å². The summed E-state index contributed by atoms with van der Waals surface area (Å²) in [5.74, 6) is -2.05. The molecule has 1 aromatic carbocycles. The van der Waals surface area contributed by atoms with Crippen LogP contribution in [-0.4, -0.2) is 0 Å². The lowest BCUT2D eigenvalue weighted by molar-refractivity contribution is 0.513. The van der Waals surface area contributed by atoms with E-state index in [4.69, 9.17) is 6.57 Å². The van der Waals surface area contributed by atoms with Crippen LogP contribution in [-0.2, 0) is 0 Å². The van der Waals surface area contributed by atoms with Crippen LogP contribution in [0, 0.1) is 18.2 Å². The Morgan fingerprint density at radius 1 is 1.30 bits per heavy atom. The quantitative estimate of drug-likeness (QED) is 0.486. The van der Waals surface area contributed by atoms with Gasteiger partial charge < -0.3 is 0 Å². The molecule has 0 heterocycles. The third-order valence-corrected chi connectivity index (χ3v) is 1.05. The van der Waals surface area contributed by atoms with Gasteiger partial charge in [0.15, 0.2) is 5.82 Å². The Morgan fingerprint density at radius 2 is 2.00 bits per heavy atom. The molecule has 1 rings (SSSR count). The van der Waals surface area contributed by atoms with Crippen LogP contribution < -0.4 is 0 Å². The summed E-state index contributed by atoms with van der Waals surface area (Å²) in [5.41, 5.74) is -0.278. The molecule has 3 heteroatoms. The third-order valence-electron chi connectivity index (χ3n) is 1.05. The zero-order valence-electron chi connectivity index (χ0n) is 4.94. The maximum absolute atomic E-state index is 12.4. The van der Waals surface area contributed by atoms with E-state index in [2.05, 4.69) is 4.85 Å².